The number of carbonyl (C=O) groups is 1. The molecule has 4 heteroatoms. The van der Waals surface area contributed by atoms with Gasteiger partial charge in [-0.1, -0.05) is 18.2 Å². The molecule has 1 amide bonds. The fraction of sp³-hybridized carbons (Fsp3) is 0.533. The lowest BCUT2D eigenvalue weighted by Gasteiger charge is -2.37. The predicted octanol–water partition coefficient (Wildman–Crippen LogP) is 1.80. The summed E-state index contributed by atoms with van der Waals surface area (Å²) in [5.41, 5.74) is 1.03. The first-order valence-corrected chi connectivity index (χ1v) is 6.87. The molecule has 2 aliphatic heterocycles. The molecule has 2 heterocycles. The van der Waals surface area contributed by atoms with Crippen LogP contribution in [-0.2, 0) is 9.53 Å². The highest BCUT2D eigenvalue weighted by Gasteiger charge is 2.33. The molecule has 0 radical (unpaired) electrons. The highest BCUT2D eigenvalue weighted by atomic mass is 16.5. The Morgan fingerprint density at radius 2 is 2.16 bits per heavy atom. The Morgan fingerprint density at radius 3 is 3.00 bits per heavy atom. The molecule has 0 bridgehead atoms. The summed E-state index contributed by atoms with van der Waals surface area (Å²) in [6.07, 6.45) is 0.764. The van der Waals surface area contributed by atoms with Gasteiger partial charge in [0, 0.05) is 12.1 Å². The lowest BCUT2D eigenvalue weighted by Crippen LogP contribution is -2.49. The van der Waals surface area contributed by atoms with E-state index in [1.54, 1.807) is 0 Å². The van der Waals surface area contributed by atoms with E-state index in [1.807, 2.05) is 36.1 Å². The summed E-state index contributed by atoms with van der Waals surface area (Å²) in [4.78, 5) is 14.7. The molecular weight excluding hydrogens is 242 g/mol. The van der Waals surface area contributed by atoms with E-state index in [9.17, 15) is 4.79 Å². The zero-order valence-electron chi connectivity index (χ0n) is 11.2. The summed E-state index contributed by atoms with van der Waals surface area (Å²) >= 11 is 0. The molecule has 2 unspecified atom stereocenters. The number of hydrogen-bond donors (Lipinski definition) is 0. The van der Waals surface area contributed by atoms with Crippen LogP contribution in [0.5, 0.6) is 5.75 Å². The number of para-hydroxylation sites is 1. The normalized spacial score (nSPS) is 26.5. The van der Waals surface area contributed by atoms with E-state index in [-0.39, 0.29) is 17.9 Å². The van der Waals surface area contributed by atoms with Crippen LogP contribution in [0.1, 0.15) is 24.8 Å². The van der Waals surface area contributed by atoms with Crippen molar-refractivity contribution in [2.24, 2.45) is 0 Å². The van der Waals surface area contributed by atoms with Crippen molar-refractivity contribution in [1.82, 2.24) is 4.90 Å². The van der Waals surface area contributed by atoms with Crippen LogP contribution in [0, 0.1) is 0 Å². The van der Waals surface area contributed by atoms with Gasteiger partial charge in [-0.15, -0.1) is 0 Å². The molecule has 19 heavy (non-hydrogen) atoms. The number of morpholine rings is 1. The van der Waals surface area contributed by atoms with Crippen molar-refractivity contribution >= 4 is 5.91 Å². The maximum absolute atomic E-state index is 12.7. The minimum absolute atomic E-state index is 0.0644. The Morgan fingerprint density at radius 1 is 1.32 bits per heavy atom. The van der Waals surface area contributed by atoms with Crippen LogP contribution < -0.4 is 4.74 Å². The van der Waals surface area contributed by atoms with Gasteiger partial charge in [-0.3, -0.25) is 4.79 Å². The quantitative estimate of drug-likeness (QED) is 0.773. The van der Waals surface area contributed by atoms with Gasteiger partial charge in [0.25, 0.3) is 0 Å². The second kappa shape index (κ2) is 5.21. The monoisotopic (exact) mass is 261 g/mol. The van der Waals surface area contributed by atoms with Gasteiger partial charge in [0.05, 0.1) is 31.8 Å². The van der Waals surface area contributed by atoms with Crippen molar-refractivity contribution in [2.45, 2.75) is 25.3 Å². The van der Waals surface area contributed by atoms with Gasteiger partial charge in [-0.05, 0) is 19.4 Å². The van der Waals surface area contributed by atoms with Crippen molar-refractivity contribution in [2.75, 3.05) is 26.4 Å². The molecule has 0 N–H and O–H groups in total. The third kappa shape index (κ3) is 2.32. The van der Waals surface area contributed by atoms with Crippen molar-refractivity contribution in [3.8, 4) is 5.75 Å². The van der Waals surface area contributed by atoms with Gasteiger partial charge in [0.15, 0.2) is 0 Å². The smallest absolute Gasteiger partial charge is 0.230 e. The highest BCUT2D eigenvalue weighted by Crippen LogP contribution is 2.35. The summed E-state index contributed by atoms with van der Waals surface area (Å²) in [7, 11) is 0. The van der Waals surface area contributed by atoms with Crippen molar-refractivity contribution in [3.63, 3.8) is 0 Å². The molecule has 3 rings (SSSR count). The van der Waals surface area contributed by atoms with Crippen LogP contribution in [0.4, 0.5) is 0 Å². The number of amides is 1. The Hall–Kier alpha value is -1.55. The van der Waals surface area contributed by atoms with E-state index in [2.05, 4.69) is 0 Å². The summed E-state index contributed by atoms with van der Waals surface area (Å²) in [5, 5.41) is 0. The standard InChI is InChI=1S/C15H19NO3/c1-11-10-18-9-7-16(11)15(17)13-6-8-19-14-5-3-2-4-12(13)14/h2-5,11,13H,6-10H2,1H3. The van der Waals surface area contributed by atoms with Gasteiger partial charge in [0.2, 0.25) is 5.91 Å². The second-order valence-corrected chi connectivity index (χ2v) is 5.18. The van der Waals surface area contributed by atoms with Crippen molar-refractivity contribution in [3.05, 3.63) is 29.8 Å². The van der Waals surface area contributed by atoms with Crippen molar-refractivity contribution < 1.29 is 14.3 Å². The van der Waals surface area contributed by atoms with Crippen LogP contribution in [0.25, 0.3) is 0 Å². The Kier molecular flexibility index (Phi) is 3.42. The average molecular weight is 261 g/mol. The molecule has 1 fully saturated rings. The minimum atomic E-state index is -0.0644. The van der Waals surface area contributed by atoms with E-state index in [0.717, 1.165) is 17.7 Å². The maximum Gasteiger partial charge on any atom is 0.230 e. The fourth-order valence-corrected chi connectivity index (χ4v) is 2.85. The molecule has 4 nitrogen and oxygen atoms in total. The van der Waals surface area contributed by atoms with Crippen LogP contribution in [0.3, 0.4) is 0 Å². The molecule has 1 aromatic carbocycles. The molecule has 2 aliphatic rings. The van der Waals surface area contributed by atoms with Crippen LogP contribution >= 0.6 is 0 Å². The predicted molar refractivity (Wildman–Crippen MR) is 71.3 cm³/mol. The number of ether oxygens (including phenoxy) is 2. The number of carbonyl (C=O) groups excluding carboxylic acids is 1. The van der Waals surface area contributed by atoms with Gasteiger partial charge < -0.3 is 14.4 Å². The summed E-state index contributed by atoms with van der Waals surface area (Å²) in [6, 6.07) is 8.02. The first-order valence-electron chi connectivity index (χ1n) is 6.87. The summed E-state index contributed by atoms with van der Waals surface area (Å²) < 4.78 is 11.0. The lowest BCUT2D eigenvalue weighted by atomic mass is 9.91. The summed E-state index contributed by atoms with van der Waals surface area (Å²) in [5.74, 6) is 1.00. The Bertz CT molecular complexity index is 474. The second-order valence-electron chi connectivity index (χ2n) is 5.18. The molecule has 2 atom stereocenters. The number of hydrogen-bond acceptors (Lipinski definition) is 3. The number of rotatable bonds is 1. The molecule has 1 aromatic rings. The van der Waals surface area contributed by atoms with Crippen molar-refractivity contribution in [1.29, 1.82) is 0 Å². The Balaban J connectivity index is 1.84. The summed E-state index contributed by atoms with van der Waals surface area (Å²) in [6.45, 7) is 4.63. The number of benzene rings is 1. The molecular formula is C15H19NO3. The van der Waals surface area contributed by atoms with Crippen LogP contribution in [0.2, 0.25) is 0 Å². The van der Waals surface area contributed by atoms with E-state index in [0.29, 0.717) is 26.4 Å². The van der Waals surface area contributed by atoms with E-state index >= 15 is 0 Å². The van der Waals surface area contributed by atoms with E-state index < -0.39 is 0 Å². The van der Waals surface area contributed by atoms with Gasteiger partial charge >= 0.3 is 0 Å². The molecule has 0 spiro atoms. The lowest BCUT2D eigenvalue weighted by molar-refractivity contribution is -0.141. The largest absolute Gasteiger partial charge is 0.493 e. The van der Waals surface area contributed by atoms with E-state index in [1.165, 1.54) is 0 Å². The number of nitrogens with zero attached hydrogens (tertiary/aromatic N) is 1. The zero-order valence-corrected chi connectivity index (χ0v) is 11.2. The average Bonchev–Trinajstić information content (AvgIpc) is 2.46. The fourth-order valence-electron chi connectivity index (χ4n) is 2.85. The minimum Gasteiger partial charge on any atom is -0.493 e. The molecule has 1 saturated heterocycles. The molecule has 0 aliphatic carbocycles. The highest BCUT2D eigenvalue weighted by molar-refractivity contribution is 5.85. The van der Waals surface area contributed by atoms with Gasteiger partial charge in [0.1, 0.15) is 5.75 Å². The maximum atomic E-state index is 12.7. The first kappa shape index (κ1) is 12.5. The SMILES string of the molecule is CC1COCCN1C(=O)C1CCOc2ccccc21. The molecule has 102 valence electrons. The first-order chi connectivity index (χ1) is 9.27. The third-order valence-electron chi connectivity index (χ3n) is 3.91. The zero-order chi connectivity index (χ0) is 13.2. The molecule has 0 saturated carbocycles. The number of fused-ring (bicyclic) bond motifs is 1. The topological polar surface area (TPSA) is 38.8 Å². The Labute approximate surface area is 113 Å². The van der Waals surface area contributed by atoms with Gasteiger partial charge in [-0.25, -0.2) is 0 Å². The van der Waals surface area contributed by atoms with Crippen LogP contribution in [-0.4, -0.2) is 43.2 Å². The van der Waals surface area contributed by atoms with Crippen LogP contribution in [0.15, 0.2) is 24.3 Å². The molecule has 0 aromatic heterocycles. The van der Waals surface area contributed by atoms with Gasteiger partial charge in [-0.2, -0.15) is 0 Å². The van der Waals surface area contributed by atoms with E-state index in [4.69, 9.17) is 9.47 Å². The third-order valence-corrected chi connectivity index (χ3v) is 3.91.